The summed E-state index contributed by atoms with van der Waals surface area (Å²) in [5.41, 5.74) is 1.04. The molecule has 1 rings (SSSR count). The van der Waals surface area contributed by atoms with E-state index in [0.29, 0.717) is 12.0 Å². The van der Waals surface area contributed by atoms with E-state index in [1.165, 1.54) is 0 Å². The monoisotopic (exact) mass is 270 g/mol. The van der Waals surface area contributed by atoms with Crippen molar-refractivity contribution in [1.29, 1.82) is 0 Å². The molecule has 1 aromatic heterocycles. The van der Waals surface area contributed by atoms with E-state index < -0.39 is 0 Å². The van der Waals surface area contributed by atoms with Crippen molar-refractivity contribution in [3.63, 3.8) is 0 Å². The van der Waals surface area contributed by atoms with Gasteiger partial charge in [0.2, 0.25) is 0 Å². The van der Waals surface area contributed by atoms with E-state index in [-0.39, 0.29) is 0 Å². The number of aromatic nitrogens is 1. The molecule has 1 unspecified atom stereocenters. The predicted molar refractivity (Wildman–Crippen MR) is 69.4 cm³/mol. The highest BCUT2D eigenvalue weighted by Gasteiger charge is 2.14. The lowest BCUT2D eigenvalue weighted by Gasteiger charge is -2.29. The lowest BCUT2D eigenvalue weighted by molar-refractivity contribution is 0.502. The Kier molecular flexibility index (Phi) is 4.14. The van der Waals surface area contributed by atoms with Gasteiger partial charge in [0.1, 0.15) is 5.82 Å². The second-order valence-electron chi connectivity index (χ2n) is 4.33. The highest BCUT2D eigenvalue weighted by atomic mass is 79.9. The Balaban J connectivity index is 2.91. The third kappa shape index (κ3) is 2.94. The normalized spacial score (nSPS) is 13.0. The zero-order valence-electron chi connectivity index (χ0n) is 10.1. The van der Waals surface area contributed by atoms with Gasteiger partial charge in [0.15, 0.2) is 0 Å². The van der Waals surface area contributed by atoms with Crippen LogP contribution in [0, 0.1) is 12.8 Å². The molecule has 0 spiro atoms. The maximum atomic E-state index is 4.56. The number of pyridine rings is 1. The fraction of sp³-hybridized carbons (Fsp3) is 0.583. The largest absolute Gasteiger partial charge is 0.357 e. The average Bonchev–Trinajstić information content (AvgIpc) is 2.19. The third-order valence-electron chi connectivity index (χ3n) is 2.94. The Morgan fingerprint density at radius 3 is 2.33 bits per heavy atom. The average molecular weight is 271 g/mol. The molecule has 84 valence electrons. The first-order valence-corrected chi connectivity index (χ1v) is 6.08. The fourth-order valence-electron chi connectivity index (χ4n) is 1.38. The number of aryl methyl sites for hydroxylation is 1. The minimum atomic E-state index is 0.498. The molecule has 3 heteroatoms. The van der Waals surface area contributed by atoms with Crippen molar-refractivity contribution in [1.82, 2.24) is 4.98 Å². The van der Waals surface area contributed by atoms with Crippen molar-refractivity contribution in [2.45, 2.75) is 33.7 Å². The number of hydrogen-bond acceptors (Lipinski definition) is 2. The summed E-state index contributed by atoms with van der Waals surface area (Å²) in [7, 11) is 2.10. The molecule has 1 atom stereocenters. The molecule has 0 aliphatic carbocycles. The molecule has 0 amide bonds. The van der Waals surface area contributed by atoms with Crippen molar-refractivity contribution >= 4 is 21.7 Å². The maximum Gasteiger partial charge on any atom is 0.128 e. The molecule has 0 radical (unpaired) electrons. The lowest BCUT2D eigenvalue weighted by Crippen LogP contribution is -2.33. The Hall–Kier alpha value is -0.570. The number of rotatable bonds is 3. The molecule has 0 aromatic carbocycles. The topological polar surface area (TPSA) is 16.1 Å². The van der Waals surface area contributed by atoms with Crippen LogP contribution in [0.1, 0.15) is 26.5 Å². The molecule has 0 N–H and O–H groups in total. The molecule has 0 fully saturated rings. The van der Waals surface area contributed by atoms with Crippen LogP contribution in [-0.4, -0.2) is 18.1 Å². The minimum Gasteiger partial charge on any atom is -0.357 e. The Morgan fingerprint density at radius 1 is 1.27 bits per heavy atom. The summed E-state index contributed by atoms with van der Waals surface area (Å²) in [5.74, 6) is 1.66. The highest BCUT2D eigenvalue weighted by molar-refractivity contribution is 9.10. The van der Waals surface area contributed by atoms with Crippen LogP contribution in [0.15, 0.2) is 16.6 Å². The van der Waals surface area contributed by atoms with Gasteiger partial charge in [-0.25, -0.2) is 4.98 Å². The Morgan fingerprint density at radius 2 is 1.87 bits per heavy atom. The SMILES string of the molecule is Cc1nc(N(C)C(C)C(C)C)ccc1Br. The summed E-state index contributed by atoms with van der Waals surface area (Å²) in [6, 6.07) is 4.61. The summed E-state index contributed by atoms with van der Waals surface area (Å²) >= 11 is 3.46. The minimum absolute atomic E-state index is 0.498. The zero-order valence-corrected chi connectivity index (χ0v) is 11.7. The van der Waals surface area contributed by atoms with Crippen molar-refractivity contribution in [3.8, 4) is 0 Å². The van der Waals surface area contributed by atoms with E-state index in [1.54, 1.807) is 0 Å². The molecule has 15 heavy (non-hydrogen) atoms. The fourth-order valence-corrected chi connectivity index (χ4v) is 1.60. The van der Waals surface area contributed by atoms with Crippen LogP contribution >= 0.6 is 15.9 Å². The van der Waals surface area contributed by atoms with Crippen molar-refractivity contribution in [3.05, 3.63) is 22.3 Å². The summed E-state index contributed by atoms with van der Waals surface area (Å²) in [6.07, 6.45) is 0. The van der Waals surface area contributed by atoms with E-state index in [9.17, 15) is 0 Å². The van der Waals surface area contributed by atoms with Gasteiger partial charge in [-0.2, -0.15) is 0 Å². The van der Waals surface area contributed by atoms with E-state index in [1.807, 2.05) is 6.92 Å². The smallest absolute Gasteiger partial charge is 0.128 e. The van der Waals surface area contributed by atoms with Crippen molar-refractivity contribution < 1.29 is 0 Å². The standard InChI is InChI=1S/C12H19BrN2/c1-8(2)10(4)15(5)12-7-6-11(13)9(3)14-12/h6-8,10H,1-5H3. The second-order valence-corrected chi connectivity index (χ2v) is 5.19. The van der Waals surface area contributed by atoms with Gasteiger partial charge in [-0.3, -0.25) is 0 Å². The molecular formula is C12H19BrN2. The van der Waals surface area contributed by atoms with Crippen LogP contribution in [0.3, 0.4) is 0 Å². The van der Waals surface area contributed by atoms with Gasteiger partial charge in [0, 0.05) is 17.6 Å². The molecular weight excluding hydrogens is 252 g/mol. The van der Waals surface area contributed by atoms with Gasteiger partial charge in [0.25, 0.3) is 0 Å². The third-order valence-corrected chi connectivity index (χ3v) is 3.78. The van der Waals surface area contributed by atoms with E-state index >= 15 is 0 Å². The number of halogens is 1. The van der Waals surface area contributed by atoms with Gasteiger partial charge in [-0.1, -0.05) is 13.8 Å². The van der Waals surface area contributed by atoms with Crippen LogP contribution in [0.5, 0.6) is 0 Å². The summed E-state index contributed by atoms with van der Waals surface area (Å²) in [4.78, 5) is 6.78. The molecule has 0 saturated heterocycles. The summed E-state index contributed by atoms with van der Waals surface area (Å²) in [5, 5.41) is 0. The van der Waals surface area contributed by atoms with Gasteiger partial charge in [-0.15, -0.1) is 0 Å². The molecule has 2 nitrogen and oxygen atoms in total. The van der Waals surface area contributed by atoms with Crippen LogP contribution in [0.4, 0.5) is 5.82 Å². The first-order chi connectivity index (χ1) is 6.93. The lowest BCUT2D eigenvalue weighted by atomic mass is 10.1. The molecule has 1 heterocycles. The Labute approximate surface area is 101 Å². The zero-order chi connectivity index (χ0) is 11.6. The van der Waals surface area contributed by atoms with E-state index in [4.69, 9.17) is 0 Å². The molecule has 0 aliphatic rings. The van der Waals surface area contributed by atoms with Gasteiger partial charge < -0.3 is 4.90 Å². The molecule has 0 aliphatic heterocycles. The summed E-state index contributed by atoms with van der Waals surface area (Å²) in [6.45, 7) is 8.70. The van der Waals surface area contributed by atoms with Crippen LogP contribution in [0.25, 0.3) is 0 Å². The maximum absolute atomic E-state index is 4.56. The quantitative estimate of drug-likeness (QED) is 0.834. The highest BCUT2D eigenvalue weighted by Crippen LogP contribution is 2.21. The predicted octanol–water partition coefficient (Wildman–Crippen LogP) is 3.63. The number of anilines is 1. The van der Waals surface area contributed by atoms with E-state index in [0.717, 1.165) is 16.0 Å². The van der Waals surface area contributed by atoms with Crippen molar-refractivity contribution in [2.75, 3.05) is 11.9 Å². The number of nitrogens with zero attached hydrogens (tertiary/aromatic N) is 2. The van der Waals surface area contributed by atoms with Crippen molar-refractivity contribution in [2.24, 2.45) is 5.92 Å². The first kappa shape index (κ1) is 12.5. The molecule has 0 bridgehead atoms. The van der Waals surface area contributed by atoms with Crippen LogP contribution in [-0.2, 0) is 0 Å². The number of hydrogen-bond donors (Lipinski definition) is 0. The van der Waals surface area contributed by atoms with E-state index in [2.05, 4.69) is 65.8 Å². The summed E-state index contributed by atoms with van der Waals surface area (Å²) < 4.78 is 1.07. The Bertz CT molecular complexity index is 336. The molecule has 1 aromatic rings. The van der Waals surface area contributed by atoms with Crippen LogP contribution < -0.4 is 4.90 Å². The van der Waals surface area contributed by atoms with Gasteiger partial charge >= 0.3 is 0 Å². The second kappa shape index (κ2) is 4.97. The molecule has 0 saturated carbocycles. The van der Waals surface area contributed by atoms with Crippen LogP contribution in [0.2, 0.25) is 0 Å². The van der Waals surface area contributed by atoms with Gasteiger partial charge in [-0.05, 0) is 47.8 Å². The van der Waals surface area contributed by atoms with Gasteiger partial charge in [0.05, 0.1) is 5.69 Å². The first-order valence-electron chi connectivity index (χ1n) is 5.29.